The summed E-state index contributed by atoms with van der Waals surface area (Å²) >= 11 is 7.27. The van der Waals surface area contributed by atoms with Crippen molar-refractivity contribution in [3.8, 4) is 5.75 Å². The number of aromatic nitrogens is 1. The Labute approximate surface area is 274 Å². The second-order valence-electron chi connectivity index (χ2n) is 9.94. The van der Waals surface area contributed by atoms with Crippen LogP contribution in [0.5, 0.6) is 5.75 Å². The molecule has 5 aromatic rings. The lowest BCUT2D eigenvalue weighted by atomic mass is 9.95. The van der Waals surface area contributed by atoms with E-state index in [4.69, 9.17) is 14.5 Å². The Balaban J connectivity index is 1.38. The molecule has 0 spiro atoms. The van der Waals surface area contributed by atoms with Gasteiger partial charge in [-0.05, 0) is 90.6 Å². The number of allylic oxidation sites excluding steroid dienone is 1. The molecular weight excluding hydrogens is 739 g/mol. The molecule has 1 aliphatic rings. The molecule has 43 heavy (non-hydrogen) atoms. The number of carbonyl (C=O) groups is 1. The minimum Gasteiger partial charge on any atom is -0.487 e. The van der Waals surface area contributed by atoms with Crippen LogP contribution in [0, 0.1) is 3.57 Å². The van der Waals surface area contributed by atoms with Gasteiger partial charge in [-0.25, -0.2) is 9.79 Å². The molecule has 6 nitrogen and oxygen atoms in total. The maximum absolute atomic E-state index is 13.9. The summed E-state index contributed by atoms with van der Waals surface area (Å²) in [6.07, 6.45) is 2.39. The molecule has 0 fully saturated rings. The van der Waals surface area contributed by atoms with Gasteiger partial charge in [0, 0.05) is 0 Å². The van der Waals surface area contributed by atoms with Crippen molar-refractivity contribution >= 4 is 72.7 Å². The van der Waals surface area contributed by atoms with Crippen LogP contribution >= 0.6 is 49.9 Å². The molecule has 1 aromatic heterocycles. The fourth-order valence-electron chi connectivity index (χ4n) is 5.34. The predicted molar refractivity (Wildman–Crippen MR) is 182 cm³/mol. The number of hydrogen-bond donors (Lipinski definition) is 0. The lowest BCUT2D eigenvalue weighted by Gasteiger charge is -2.25. The highest BCUT2D eigenvalue weighted by atomic mass is 127. The van der Waals surface area contributed by atoms with E-state index >= 15 is 0 Å². The summed E-state index contributed by atoms with van der Waals surface area (Å²) < 4.78 is 15.3. The molecule has 4 aromatic carbocycles. The van der Waals surface area contributed by atoms with Crippen LogP contribution < -0.4 is 19.6 Å². The van der Waals surface area contributed by atoms with E-state index in [-0.39, 0.29) is 5.56 Å². The first-order valence-electron chi connectivity index (χ1n) is 13.7. The first kappa shape index (κ1) is 29.5. The second-order valence-corrected chi connectivity index (χ2v) is 13.0. The van der Waals surface area contributed by atoms with Crippen molar-refractivity contribution in [2.24, 2.45) is 4.99 Å². The number of esters is 1. The Morgan fingerprint density at radius 2 is 1.81 bits per heavy atom. The van der Waals surface area contributed by atoms with Crippen molar-refractivity contribution in [3.63, 3.8) is 0 Å². The number of halogens is 2. The quantitative estimate of drug-likeness (QED) is 0.134. The Kier molecular flexibility index (Phi) is 8.65. The average Bonchev–Trinajstić information content (AvgIpc) is 3.33. The highest BCUT2D eigenvalue weighted by molar-refractivity contribution is 14.1. The lowest BCUT2D eigenvalue weighted by Crippen LogP contribution is -2.40. The zero-order valence-corrected chi connectivity index (χ0v) is 27.9. The van der Waals surface area contributed by atoms with Gasteiger partial charge in [-0.15, -0.1) is 0 Å². The molecule has 6 rings (SSSR count). The van der Waals surface area contributed by atoms with Crippen LogP contribution in [0.2, 0.25) is 0 Å². The third kappa shape index (κ3) is 5.73. The standard InChI is InChI=1S/C34H26BrIN2O4S/c1-3-27-29(33(40)41-2)30(22-11-5-4-6-12-22)38-32(39)28(43-34(38)37-27)18-20-16-25(35)31(26(36)17-20)42-19-23-14-9-13-21-10-7-8-15-24(21)23/h4-18,30H,3,19H2,1-2H3/b28-18-/t30-/m1/s1. The maximum Gasteiger partial charge on any atom is 0.338 e. The number of nitrogens with zero attached hydrogens (tertiary/aromatic N) is 2. The predicted octanol–water partition coefficient (Wildman–Crippen LogP) is 6.90. The average molecular weight is 765 g/mol. The zero-order chi connectivity index (χ0) is 30.1. The maximum atomic E-state index is 13.9. The number of ether oxygens (including phenoxy) is 2. The normalized spacial score (nSPS) is 14.9. The Morgan fingerprint density at radius 1 is 1.07 bits per heavy atom. The molecular formula is C34H26BrIN2O4S. The van der Waals surface area contributed by atoms with Crippen LogP contribution in [0.4, 0.5) is 0 Å². The van der Waals surface area contributed by atoms with Crippen LogP contribution in [0.3, 0.4) is 0 Å². The summed E-state index contributed by atoms with van der Waals surface area (Å²) in [5, 5.41) is 2.34. The number of rotatable bonds is 7. The summed E-state index contributed by atoms with van der Waals surface area (Å²) in [5.74, 6) is 0.257. The third-order valence-corrected chi connectivity index (χ3v) is 9.71. The topological polar surface area (TPSA) is 69.9 Å². The van der Waals surface area contributed by atoms with Crippen molar-refractivity contribution < 1.29 is 14.3 Å². The fraction of sp³-hybridized carbons (Fsp3) is 0.147. The van der Waals surface area contributed by atoms with Gasteiger partial charge in [-0.3, -0.25) is 9.36 Å². The minimum atomic E-state index is -0.626. The zero-order valence-electron chi connectivity index (χ0n) is 23.3. The number of hydrogen-bond acceptors (Lipinski definition) is 6. The number of thiazole rings is 1. The van der Waals surface area contributed by atoms with Crippen LogP contribution in [0.15, 0.2) is 110 Å². The van der Waals surface area contributed by atoms with Gasteiger partial charge in [-0.1, -0.05) is 91.1 Å². The van der Waals surface area contributed by atoms with E-state index in [1.165, 1.54) is 29.2 Å². The number of benzene rings is 4. The van der Waals surface area contributed by atoms with Crippen LogP contribution in [0.25, 0.3) is 16.8 Å². The molecule has 0 aliphatic carbocycles. The molecule has 0 saturated heterocycles. The van der Waals surface area contributed by atoms with Crippen molar-refractivity contribution in [1.82, 2.24) is 4.57 Å². The van der Waals surface area contributed by atoms with Gasteiger partial charge in [0.1, 0.15) is 12.4 Å². The SMILES string of the molecule is CCC1=C(C(=O)OC)[C@@H](c2ccccc2)n2c(s/c(=C\c3cc(Br)c(OCc4cccc5ccccc45)c(I)c3)c2=O)=N1. The van der Waals surface area contributed by atoms with Gasteiger partial charge in [0.15, 0.2) is 4.80 Å². The Bertz CT molecular complexity index is 2060. The van der Waals surface area contributed by atoms with E-state index in [1.54, 1.807) is 4.57 Å². The van der Waals surface area contributed by atoms with Gasteiger partial charge < -0.3 is 9.47 Å². The molecule has 9 heteroatoms. The van der Waals surface area contributed by atoms with Crippen molar-refractivity contribution in [2.45, 2.75) is 26.0 Å². The molecule has 2 heterocycles. The van der Waals surface area contributed by atoms with E-state index in [1.807, 2.05) is 73.7 Å². The number of carbonyl (C=O) groups excluding carboxylic acids is 1. The minimum absolute atomic E-state index is 0.212. The number of methoxy groups -OCH3 is 1. The molecule has 0 unspecified atom stereocenters. The molecule has 0 saturated carbocycles. The largest absolute Gasteiger partial charge is 0.487 e. The molecule has 1 atom stereocenters. The van der Waals surface area contributed by atoms with Gasteiger partial charge in [0.2, 0.25) is 0 Å². The van der Waals surface area contributed by atoms with Crippen molar-refractivity contribution in [2.75, 3.05) is 7.11 Å². The van der Waals surface area contributed by atoms with Gasteiger partial charge in [-0.2, -0.15) is 0 Å². The molecule has 1 aliphatic heterocycles. The summed E-state index contributed by atoms with van der Waals surface area (Å²) in [7, 11) is 1.35. The van der Waals surface area contributed by atoms with Gasteiger partial charge >= 0.3 is 5.97 Å². The van der Waals surface area contributed by atoms with Crippen molar-refractivity contribution in [1.29, 1.82) is 0 Å². The summed E-state index contributed by atoms with van der Waals surface area (Å²) in [5.41, 5.74) is 3.58. The smallest absolute Gasteiger partial charge is 0.338 e. The van der Waals surface area contributed by atoms with Gasteiger partial charge in [0.05, 0.1) is 37.0 Å². The first-order chi connectivity index (χ1) is 20.9. The monoisotopic (exact) mass is 764 g/mol. The number of fused-ring (bicyclic) bond motifs is 2. The summed E-state index contributed by atoms with van der Waals surface area (Å²) in [4.78, 5) is 32.2. The van der Waals surface area contributed by atoms with Crippen LogP contribution in [-0.4, -0.2) is 17.6 Å². The third-order valence-electron chi connectivity index (χ3n) is 7.34. The molecule has 0 N–H and O–H groups in total. The van der Waals surface area contributed by atoms with Crippen molar-refractivity contribution in [3.05, 3.63) is 141 Å². The van der Waals surface area contributed by atoms with E-state index in [9.17, 15) is 9.59 Å². The molecule has 0 bridgehead atoms. The van der Waals surface area contributed by atoms with E-state index < -0.39 is 12.0 Å². The molecule has 0 radical (unpaired) electrons. The van der Waals surface area contributed by atoms with E-state index in [0.717, 1.165) is 30.5 Å². The highest BCUT2D eigenvalue weighted by Crippen LogP contribution is 2.34. The molecule has 216 valence electrons. The summed E-state index contributed by atoms with van der Waals surface area (Å²) in [6.45, 7) is 2.37. The Hall–Kier alpha value is -3.54. The highest BCUT2D eigenvalue weighted by Gasteiger charge is 2.33. The summed E-state index contributed by atoms with van der Waals surface area (Å²) in [6, 6.07) is 27.3. The van der Waals surface area contributed by atoms with E-state index in [0.29, 0.717) is 33.6 Å². The van der Waals surface area contributed by atoms with E-state index in [2.05, 4.69) is 62.8 Å². The molecule has 0 amide bonds. The fourth-order valence-corrected chi connectivity index (χ4v) is 8.12. The first-order valence-corrected chi connectivity index (χ1v) is 16.3. The second kappa shape index (κ2) is 12.6. The van der Waals surface area contributed by atoms with Gasteiger partial charge in [0.25, 0.3) is 5.56 Å². The lowest BCUT2D eigenvalue weighted by molar-refractivity contribution is -0.136. The Morgan fingerprint density at radius 3 is 2.56 bits per heavy atom. The van der Waals surface area contributed by atoms with Crippen LogP contribution in [0.1, 0.15) is 36.1 Å². The van der Waals surface area contributed by atoms with Crippen LogP contribution in [-0.2, 0) is 16.1 Å².